The third kappa shape index (κ3) is 3.34. The van der Waals surface area contributed by atoms with Crippen LogP contribution in [0.4, 0.5) is 4.39 Å². The van der Waals surface area contributed by atoms with Gasteiger partial charge in [0.15, 0.2) is 4.80 Å². The van der Waals surface area contributed by atoms with Crippen LogP contribution in [0.3, 0.4) is 0 Å². The number of carbonyl (C=O) groups excluding carboxylic acids is 1. The van der Waals surface area contributed by atoms with Gasteiger partial charge in [-0.1, -0.05) is 59.9 Å². The minimum absolute atomic E-state index is 0.149. The van der Waals surface area contributed by atoms with Crippen LogP contribution < -0.4 is 14.9 Å². The standard InChI is InChI=1S/C22H17FN2O3S/c1-13-18(21(27)28-2)19(15-10-6-7-11-16(15)23)25-20(26)17(29-22(25)24-13)12-14-8-4-3-5-9-14/h3-12,19H,1-2H3. The molecule has 0 bridgehead atoms. The molecule has 1 unspecified atom stereocenters. The van der Waals surface area contributed by atoms with E-state index in [0.717, 1.165) is 5.56 Å². The highest BCUT2D eigenvalue weighted by Crippen LogP contribution is 2.31. The number of nitrogens with zero attached hydrogens (tertiary/aromatic N) is 2. The average Bonchev–Trinajstić information content (AvgIpc) is 3.02. The first kappa shape index (κ1) is 19.0. The van der Waals surface area contributed by atoms with Crippen LogP contribution in [0, 0.1) is 5.82 Å². The van der Waals surface area contributed by atoms with E-state index in [1.54, 1.807) is 31.2 Å². The van der Waals surface area contributed by atoms with Crippen LogP contribution in [-0.2, 0) is 9.53 Å². The number of hydrogen-bond acceptors (Lipinski definition) is 5. The smallest absolute Gasteiger partial charge is 0.338 e. The van der Waals surface area contributed by atoms with Gasteiger partial charge in [0.25, 0.3) is 5.56 Å². The SMILES string of the molecule is COC(=O)C1=C(C)N=c2sc(=Cc3ccccc3)c(=O)n2C1c1ccccc1F. The number of esters is 1. The van der Waals surface area contributed by atoms with Crippen molar-refractivity contribution in [1.29, 1.82) is 0 Å². The molecule has 29 heavy (non-hydrogen) atoms. The lowest BCUT2D eigenvalue weighted by Gasteiger charge is -2.24. The van der Waals surface area contributed by atoms with Crippen molar-refractivity contribution in [3.63, 3.8) is 0 Å². The Morgan fingerprint density at radius 1 is 1.17 bits per heavy atom. The molecular formula is C22H17FN2O3S. The van der Waals surface area contributed by atoms with Gasteiger partial charge in [-0.3, -0.25) is 9.36 Å². The molecule has 0 saturated carbocycles. The van der Waals surface area contributed by atoms with Crippen molar-refractivity contribution in [2.75, 3.05) is 7.11 Å². The largest absolute Gasteiger partial charge is 0.466 e. The molecule has 1 atom stereocenters. The van der Waals surface area contributed by atoms with Gasteiger partial charge in [0.1, 0.15) is 11.9 Å². The van der Waals surface area contributed by atoms with Gasteiger partial charge in [-0.15, -0.1) is 0 Å². The summed E-state index contributed by atoms with van der Waals surface area (Å²) in [5.41, 5.74) is 1.30. The number of aromatic nitrogens is 1. The third-order valence-corrected chi connectivity index (χ3v) is 5.71. The molecule has 1 aliphatic rings. The zero-order chi connectivity index (χ0) is 20.5. The van der Waals surface area contributed by atoms with Crippen molar-refractivity contribution in [2.24, 2.45) is 4.99 Å². The van der Waals surface area contributed by atoms with E-state index in [-0.39, 0.29) is 16.7 Å². The van der Waals surface area contributed by atoms with E-state index in [9.17, 15) is 14.0 Å². The summed E-state index contributed by atoms with van der Waals surface area (Å²) in [5, 5.41) is 0. The monoisotopic (exact) mass is 408 g/mol. The fraction of sp³-hybridized carbons (Fsp3) is 0.136. The molecule has 1 aromatic heterocycles. The molecule has 7 heteroatoms. The molecule has 0 amide bonds. The lowest BCUT2D eigenvalue weighted by Crippen LogP contribution is -2.40. The molecule has 5 nitrogen and oxygen atoms in total. The Hall–Kier alpha value is -3.32. The third-order valence-electron chi connectivity index (χ3n) is 4.72. The molecule has 2 heterocycles. The Labute approximate surface area is 169 Å². The molecule has 0 fully saturated rings. The molecule has 0 radical (unpaired) electrons. The Kier molecular flexibility index (Phi) is 4.98. The minimum atomic E-state index is -0.946. The van der Waals surface area contributed by atoms with E-state index in [1.165, 1.54) is 29.1 Å². The summed E-state index contributed by atoms with van der Waals surface area (Å²) >= 11 is 1.21. The lowest BCUT2D eigenvalue weighted by molar-refractivity contribution is -0.136. The van der Waals surface area contributed by atoms with Gasteiger partial charge in [-0.2, -0.15) is 0 Å². The predicted molar refractivity (Wildman–Crippen MR) is 109 cm³/mol. The summed E-state index contributed by atoms with van der Waals surface area (Å²) < 4.78 is 21.4. The normalized spacial score (nSPS) is 16.4. The molecule has 3 aromatic rings. The summed E-state index contributed by atoms with van der Waals surface area (Å²) in [6.45, 7) is 1.66. The Bertz CT molecular complexity index is 1310. The van der Waals surface area contributed by atoms with Crippen LogP contribution in [0.5, 0.6) is 0 Å². The molecular weight excluding hydrogens is 391 g/mol. The number of fused-ring (bicyclic) bond motifs is 1. The van der Waals surface area contributed by atoms with E-state index in [2.05, 4.69) is 4.99 Å². The Morgan fingerprint density at radius 2 is 1.86 bits per heavy atom. The van der Waals surface area contributed by atoms with Crippen LogP contribution in [0.2, 0.25) is 0 Å². The second kappa shape index (κ2) is 7.60. The molecule has 0 N–H and O–H groups in total. The molecule has 2 aromatic carbocycles. The summed E-state index contributed by atoms with van der Waals surface area (Å²) in [6.07, 6.45) is 1.76. The van der Waals surface area contributed by atoms with Crippen molar-refractivity contribution in [1.82, 2.24) is 4.57 Å². The average molecular weight is 408 g/mol. The zero-order valence-corrected chi connectivity index (χ0v) is 16.6. The van der Waals surface area contributed by atoms with Crippen molar-refractivity contribution in [2.45, 2.75) is 13.0 Å². The van der Waals surface area contributed by atoms with E-state index in [0.29, 0.717) is 15.0 Å². The highest BCUT2D eigenvalue weighted by atomic mass is 32.1. The number of carbonyl (C=O) groups is 1. The van der Waals surface area contributed by atoms with Gasteiger partial charge in [-0.05, 0) is 24.6 Å². The highest BCUT2D eigenvalue weighted by Gasteiger charge is 2.34. The number of methoxy groups -OCH3 is 1. The number of benzene rings is 2. The maximum atomic E-state index is 14.7. The lowest BCUT2D eigenvalue weighted by atomic mass is 9.95. The number of allylic oxidation sites excluding steroid dienone is 1. The molecule has 4 rings (SSSR count). The maximum absolute atomic E-state index is 14.7. The molecule has 146 valence electrons. The van der Waals surface area contributed by atoms with Crippen LogP contribution in [0.1, 0.15) is 24.1 Å². The Morgan fingerprint density at radius 3 is 2.55 bits per heavy atom. The van der Waals surface area contributed by atoms with Crippen LogP contribution in [0.25, 0.3) is 6.08 Å². The van der Waals surface area contributed by atoms with Crippen molar-refractivity contribution < 1.29 is 13.9 Å². The first-order valence-electron chi connectivity index (χ1n) is 8.91. The highest BCUT2D eigenvalue weighted by molar-refractivity contribution is 7.07. The number of hydrogen-bond donors (Lipinski definition) is 0. The summed E-state index contributed by atoms with van der Waals surface area (Å²) in [6, 6.07) is 14.6. The summed E-state index contributed by atoms with van der Waals surface area (Å²) in [5.74, 6) is -1.15. The van der Waals surface area contributed by atoms with Crippen LogP contribution in [-0.4, -0.2) is 17.6 Å². The number of ether oxygens (including phenoxy) is 1. The van der Waals surface area contributed by atoms with Crippen molar-refractivity contribution >= 4 is 23.4 Å². The van der Waals surface area contributed by atoms with Gasteiger partial charge in [-0.25, -0.2) is 14.2 Å². The predicted octanol–water partition coefficient (Wildman–Crippen LogP) is 2.55. The molecule has 0 saturated heterocycles. The fourth-order valence-corrected chi connectivity index (χ4v) is 4.43. The molecule has 0 aliphatic carbocycles. The second-order valence-electron chi connectivity index (χ2n) is 6.51. The van der Waals surface area contributed by atoms with Gasteiger partial charge in [0, 0.05) is 5.56 Å². The number of halogens is 1. The first-order valence-corrected chi connectivity index (χ1v) is 9.73. The van der Waals surface area contributed by atoms with E-state index >= 15 is 0 Å². The van der Waals surface area contributed by atoms with Gasteiger partial charge >= 0.3 is 5.97 Å². The van der Waals surface area contributed by atoms with E-state index in [1.807, 2.05) is 30.3 Å². The fourth-order valence-electron chi connectivity index (χ4n) is 3.38. The second-order valence-corrected chi connectivity index (χ2v) is 7.51. The van der Waals surface area contributed by atoms with Gasteiger partial charge in [0.2, 0.25) is 0 Å². The van der Waals surface area contributed by atoms with Crippen LogP contribution in [0.15, 0.2) is 75.7 Å². The number of thiazole rings is 1. The molecule has 0 spiro atoms. The summed E-state index contributed by atoms with van der Waals surface area (Å²) in [7, 11) is 1.25. The number of rotatable bonds is 3. The Balaban J connectivity index is 2.02. The minimum Gasteiger partial charge on any atom is -0.466 e. The topological polar surface area (TPSA) is 60.7 Å². The molecule has 1 aliphatic heterocycles. The van der Waals surface area contributed by atoms with E-state index in [4.69, 9.17) is 4.74 Å². The van der Waals surface area contributed by atoms with Gasteiger partial charge < -0.3 is 4.74 Å². The summed E-state index contributed by atoms with van der Waals surface area (Å²) in [4.78, 5) is 30.6. The maximum Gasteiger partial charge on any atom is 0.338 e. The quantitative estimate of drug-likeness (QED) is 0.626. The van der Waals surface area contributed by atoms with Crippen molar-refractivity contribution in [3.8, 4) is 0 Å². The van der Waals surface area contributed by atoms with Gasteiger partial charge in [0.05, 0.1) is 22.9 Å². The zero-order valence-electron chi connectivity index (χ0n) is 15.8. The van der Waals surface area contributed by atoms with Crippen molar-refractivity contribution in [3.05, 3.63) is 102 Å². The van der Waals surface area contributed by atoms with Crippen LogP contribution >= 0.6 is 11.3 Å². The van der Waals surface area contributed by atoms with E-state index < -0.39 is 17.8 Å². The first-order chi connectivity index (χ1) is 14.0.